The third kappa shape index (κ3) is 4.45. The molecule has 0 aliphatic heterocycles. The fourth-order valence-corrected chi connectivity index (χ4v) is 2.59. The minimum Gasteiger partial charge on any atom is -0.323 e. The van der Waals surface area contributed by atoms with Gasteiger partial charge in [0.1, 0.15) is 0 Å². The lowest BCUT2D eigenvalue weighted by Gasteiger charge is -2.11. The number of hydrogen-bond acceptors (Lipinski definition) is 2. The van der Waals surface area contributed by atoms with E-state index in [4.69, 9.17) is 5.73 Å². The Kier molecular flexibility index (Phi) is 6.21. The molecular formula is C9H15BrClNS. The average Bonchev–Trinajstić information content (AvgIpc) is 2.34. The van der Waals surface area contributed by atoms with Gasteiger partial charge in [0.2, 0.25) is 0 Å². The van der Waals surface area contributed by atoms with Gasteiger partial charge in [-0.05, 0) is 40.4 Å². The Hall–Kier alpha value is 0.430. The van der Waals surface area contributed by atoms with Crippen molar-refractivity contribution in [2.75, 3.05) is 0 Å². The van der Waals surface area contributed by atoms with Crippen LogP contribution in [0, 0.1) is 5.92 Å². The highest BCUT2D eigenvalue weighted by Gasteiger charge is 2.09. The van der Waals surface area contributed by atoms with Crippen LogP contribution in [0.15, 0.2) is 15.9 Å². The van der Waals surface area contributed by atoms with Gasteiger partial charge in [-0.1, -0.05) is 13.8 Å². The van der Waals surface area contributed by atoms with E-state index in [1.165, 1.54) is 4.88 Å². The number of nitrogens with two attached hydrogens (primary N) is 1. The number of rotatable bonds is 3. The number of thiophene rings is 1. The maximum atomic E-state index is 6.00. The Morgan fingerprint density at radius 1 is 1.46 bits per heavy atom. The van der Waals surface area contributed by atoms with Crippen molar-refractivity contribution >= 4 is 39.7 Å². The monoisotopic (exact) mass is 283 g/mol. The molecule has 0 bridgehead atoms. The Morgan fingerprint density at radius 3 is 2.46 bits per heavy atom. The zero-order valence-corrected chi connectivity index (χ0v) is 11.0. The van der Waals surface area contributed by atoms with E-state index in [-0.39, 0.29) is 18.4 Å². The summed E-state index contributed by atoms with van der Waals surface area (Å²) in [4.78, 5) is 1.27. The van der Waals surface area contributed by atoms with Gasteiger partial charge >= 0.3 is 0 Å². The minimum absolute atomic E-state index is 0. The van der Waals surface area contributed by atoms with Crippen molar-refractivity contribution in [3.8, 4) is 0 Å². The van der Waals surface area contributed by atoms with Crippen molar-refractivity contribution in [2.24, 2.45) is 11.7 Å². The lowest BCUT2D eigenvalue weighted by atomic mass is 10.0. The number of halogens is 2. The summed E-state index contributed by atoms with van der Waals surface area (Å²) in [7, 11) is 0. The molecule has 1 aromatic rings. The van der Waals surface area contributed by atoms with E-state index in [1.807, 2.05) is 0 Å². The highest BCUT2D eigenvalue weighted by molar-refractivity contribution is 9.11. The van der Waals surface area contributed by atoms with Crippen LogP contribution in [0.3, 0.4) is 0 Å². The summed E-state index contributed by atoms with van der Waals surface area (Å²) in [6.45, 7) is 4.39. The normalized spacial score (nSPS) is 12.7. The molecule has 1 nitrogen and oxygen atoms in total. The lowest BCUT2D eigenvalue weighted by Crippen LogP contribution is -2.11. The molecular weight excluding hydrogens is 270 g/mol. The highest BCUT2D eigenvalue weighted by Crippen LogP contribution is 2.28. The van der Waals surface area contributed by atoms with Gasteiger partial charge in [-0.25, -0.2) is 0 Å². The fraction of sp³-hybridized carbons (Fsp3) is 0.556. The van der Waals surface area contributed by atoms with Crippen molar-refractivity contribution < 1.29 is 0 Å². The molecule has 0 unspecified atom stereocenters. The van der Waals surface area contributed by atoms with Crippen LogP contribution in [0.2, 0.25) is 0 Å². The first-order valence-electron chi connectivity index (χ1n) is 4.10. The minimum atomic E-state index is 0. The molecule has 1 atom stereocenters. The molecule has 1 aromatic heterocycles. The van der Waals surface area contributed by atoms with Crippen LogP contribution < -0.4 is 5.73 Å². The van der Waals surface area contributed by atoms with Crippen LogP contribution in [-0.4, -0.2) is 0 Å². The standard InChI is InChI=1S/C9H14BrNS.ClH/c1-6(2)5-7(11)8-3-4-9(10)12-8;/h3-4,6-7H,5,11H2,1-2H3;1H/t7-;/m0./s1. The van der Waals surface area contributed by atoms with E-state index in [0.717, 1.165) is 10.2 Å². The summed E-state index contributed by atoms with van der Waals surface area (Å²) in [5.74, 6) is 0.667. The smallest absolute Gasteiger partial charge is 0.0701 e. The molecule has 76 valence electrons. The lowest BCUT2D eigenvalue weighted by molar-refractivity contribution is 0.515. The summed E-state index contributed by atoms with van der Waals surface area (Å²) in [6, 6.07) is 4.36. The van der Waals surface area contributed by atoms with Crippen molar-refractivity contribution in [3.05, 3.63) is 20.8 Å². The molecule has 0 saturated carbocycles. The van der Waals surface area contributed by atoms with E-state index in [2.05, 4.69) is 41.9 Å². The second-order valence-corrected chi connectivity index (χ2v) is 5.87. The van der Waals surface area contributed by atoms with Gasteiger partial charge in [0.05, 0.1) is 3.79 Å². The van der Waals surface area contributed by atoms with Gasteiger partial charge in [0.25, 0.3) is 0 Å². The first-order chi connectivity index (χ1) is 5.59. The first-order valence-corrected chi connectivity index (χ1v) is 5.71. The molecule has 13 heavy (non-hydrogen) atoms. The zero-order chi connectivity index (χ0) is 9.14. The molecule has 1 rings (SSSR count). The van der Waals surface area contributed by atoms with Gasteiger partial charge in [-0.3, -0.25) is 0 Å². The predicted molar refractivity (Wildman–Crippen MR) is 65.7 cm³/mol. The maximum absolute atomic E-state index is 6.00. The van der Waals surface area contributed by atoms with Gasteiger partial charge in [0.15, 0.2) is 0 Å². The highest BCUT2D eigenvalue weighted by atomic mass is 79.9. The average molecular weight is 285 g/mol. The Labute approximate surface area is 98.3 Å². The molecule has 4 heteroatoms. The van der Waals surface area contributed by atoms with Crippen LogP contribution in [-0.2, 0) is 0 Å². The summed E-state index contributed by atoms with van der Waals surface area (Å²) >= 11 is 5.16. The van der Waals surface area contributed by atoms with Crippen LogP contribution >= 0.6 is 39.7 Å². The third-order valence-electron chi connectivity index (χ3n) is 1.68. The second-order valence-electron chi connectivity index (χ2n) is 3.38. The number of hydrogen-bond donors (Lipinski definition) is 1. The molecule has 0 aromatic carbocycles. The largest absolute Gasteiger partial charge is 0.323 e. The molecule has 0 aliphatic rings. The molecule has 0 aliphatic carbocycles. The molecule has 0 amide bonds. The summed E-state index contributed by atoms with van der Waals surface area (Å²) in [6.07, 6.45) is 1.06. The van der Waals surface area contributed by atoms with Crippen molar-refractivity contribution in [2.45, 2.75) is 26.3 Å². The topological polar surface area (TPSA) is 26.0 Å². The van der Waals surface area contributed by atoms with E-state index >= 15 is 0 Å². The molecule has 0 fully saturated rings. The summed E-state index contributed by atoms with van der Waals surface area (Å²) in [5, 5.41) is 0. The van der Waals surface area contributed by atoms with E-state index in [9.17, 15) is 0 Å². The Balaban J connectivity index is 0.00000144. The zero-order valence-electron chi connectivity index (χ0n) is 7.79. The van der Waals surface area contributed by atoms with Crippen LogP contribution in [0.25, 0.3) is 0 Å². The van der Waals surface area contributed by atoms with Crippen molar-refractivity contribution in [1.29, 1.82) is 0 Å². The van der Waals surface area contributed by atoms with Crippen LogP contribution in [0.5, 0.6) is 0 Å². The van der Waals surface area contributed by atoms with E-state index in [1.54, 1.807) is 11.3 Å². The quantitative estimate of drug-likeness (QED) is 0.893. The molecule has 1 heterocycles. The molecule has 0 saturated heterocycles. The van der Waals surface area contributed by atoms with Crippen LogP contribution in [0.1, 0.15) is 31.2 Å². The summed E-state index contributed by atoms with van der Waals surface area (Å²) < 4.78 is 1.16. The molecule has 0 spiro atoms. The SMILES string of the molecule is CC(C)C[C@H](N)c1ccc(Br)s1.Cl. The first kappa shape index (κ1) is 13.4. The van der Waals surface area contributed by atoms with Crippen molar-refractivity contribution in [3.63, 3.8) is 0 Å². The summed E-state index contributed by atoms with van der Waals surface area (Å²) in [5.41, 5.74) is 6.00. The van der Waals surface area contributed by atoms with E-state index < -0.39 is 0 Å². The van der Waals surface area contributed by atoms with Gasteiger partial charge < -0.3 is 5.73 Å². The van der Waals surface area contributed by atoms with Crippen LogP contribution in [0.4, 0.5) is 0 Å². The fourth-order valence-electron chi connectivity index (χ4n) is 1.15. The molecule has 2 N–H and O–H groups in total. The van der Waals surface area contributed by atoms with E-state index in [0.29, 0.717) is 5.92 Å². The van der Waals surface area contributed by atoms with Crippen molar-refractivity contribution in [1.82, 2.24) is 0 Å². The third-order valence-corrected chi connectivity index (χ3v) is 3.44. The Morgan fingerprint density at radius 2 is 2.08 bits per heavy atom. The van der Waals surface area contributed by atoms with Gasteiger partial charge in [-0.2, -0.15) is 0 Å². The second kappa shape index (κ2) is 6.02. The van der Waals surface area contributed by atoms with Gasteiger partial charge in [0, 0.05) is 10.9 Å². The molecule has 0 radical (unpaired) electrons. The predicted octanol–water partition coefficient (Wildman–Crippen LogP) is 3.98. The maximum Gasteiger partial charge on any atom is 0.0701 e. The van der Waals surface area contributed by atoms with Gasteiger partial charge in [-0.15, -0.1) is 23.7 Å². The Bertz CT molecular complexity index is 250.